The minimum Gasteiger partial charge on any atom is -0.215 e. The lowest BCUT2D eigenvalue weighted by molar-refractivity contribution is 0.320. The van der Waals surface area contributed by atoms with Gasteiger partial charge in [0.25, 0.3) is 0 Å². The Morgan fingerprint density at radius 3 is 2.35 bits per heavy atom. The third-order valence-electron chi connectivity index (χ3n) is 2.77. The second-order valence-corrected chi connectivity index (χ2v) is 7.61. The number of nitrogens with one attached hydrogen (secondary N) is 1. The molecule has 0 saturated heterocycles. The molecule has 0 aliphatic carbocycles. The first-order valence-electron chi connectivity index (χ1n) is 6.36. The van der Waals surface area contributed by atoms with Crippen LogP contribution in [-0.4, -0.2) is 26.6 Å². The lowest BCUT2D eigenvalue weighted by Crippen LogP contribution is -2.35. The molecule has 0 aliphatic heterocycles. The van der Waals surface area contributed by atoms with Gasteiger partial charge in [0, 0.05) is 12.4 Å². The number of alkyl halides is 1. The number of hydrogen-bond donors (Lipinski definition) is 1. The number of hydrogen-bond acceptors (Lipinski definition) is 2. The lowest BCUT2D eigenvalue weighted by Gasteiger charge is -2.24. The fourth-order valence-electron chi connectivity index (χ4n) is 1.56. The lowest BCUT2D eigenvalue weighted by atomic mass is 9.87. The highest BCUT2D eigenvalue weighted by Crippen LogP contribution is 2.22. The Hall–Kier alpha value is 0.200. The Bertz CT molecular complexity index is 289. The SMILES string of the molecule is CCCCCC(C)(C)CNS(=O)(=O)CCCCl. The highest BCUT2D eigenvalue weighted by Gasteiger charge is 2.20. The molecule has 0 saturated carbocycles. The highest BCUT2D eigenvalue weighted by molar-refractivity contribution is 7.89. The number of halogens is 1. The fraction of sp³-hybridized carbons (Fsp3) is 1.00. The van der Waals surface area contributed by atoms with Crippen LogP contribution in [0.15, 0.2) is 0 Å². The van der Waals surface area contributed by atoms with Crippen LogP contribution >= 0.6 is 11.6 Å². The zero-order chi connectivity index (χ0) is 13.4. The van der Waals surface area contributed by atoms with Crippen molar-refractivity contribution >= 4 is 21.6 Å². The molecule has 0 fully saturated rings. The minimum absolute atomic E-state index is 0.0310. The fourth-order valence-corrected chi connectivity index (χ4v) is 3.14. The van der Waals surface area contributed by atoms with Gasteiger partial charge in [-0.15, -0.1) is 11.6 Å². The smallest absolute Gasteiger partial charge is 0.211 e. The summed E-state index contributed by atoms with van der Waals surface area (Å²) in [5, 5.41) is 0. The topological polar surface area (TPSA) is 46.2 Å². The quantitative estimate of drug-likeness (QED) is 0.494. The largest absolute Gasteiger partial charge is 0.215 e. The van der Waals surface area contributed by atoms with Crippen LogP contribution in [-0.2, 0) is 10.0 Å². The van der Waals surface area contributed by atoms with E-state index in [0.29, 0.717) is 18.8 Å². The van der Waals surface area contributed by atoms with E-state index in [9.17, 15) is 8.42 Å². The Balaban J connectivity index is 3.98. The van der Waals surface area contributed by atoms with Crippen LogP contribution in [0.5, 0.6) is 0 Å². The molecule has 17 heavy (non-hydrogen) atoms. The van der Waals surface area contributed by atoms with E-state index >= 15 is 0 Å². The van der Waals surface area contributed by atoms with Crippen molar-refractivity contribution in [1.29, 1.82) is 0 Å². The van der Waals surface area contributed by atoms with Gasteiger partial charge in [-0.3, -0.25) is 0 Å². The average molecular weight is 284 g/mol. The molecular weight excluding hydrogens is 258 g/mol. The van der Waals surface area contributed by atoms with Crippen LogP contribution in [0, 0.1) is 5.41 Å². The molecule has 0 spiro atoms. The molecule has 0 aliphatic rings. The van der Waals surface area contributed by atoms with E-state index in [2.05, 4.69) is 25.5 Å². The molecule has 0 aromatic carbocycles. The molecule has 3 nitrogen and oxygen atoms in total. The van der Waals surface area contributed by atoms with E-state index in [1.165, 1.54) is 12.8 Å². The number of rotatable bonds is 10. The summed E-state index contributed by atoms with van der Waals surface area (Å²) in [6, 6.07) is 0. The van der Waals surface area contributed by atoms with Gasteiger partial charge >= 0.3 is 0 Å². The molecule has 104 valence electrons. The predicted molar refractivity (Wildman–Crippen MR) is 75.0 cm³/mol. The van der Waals surface area contributed by atoms with Gasteiger partial charge in [-0.05, 0) is 18.3 Å². The van der Waals surface area contributed by atoms with Crippen LogP contribution in [0.3, 0.4) is 0 Å². The van der Waals surface area contributed by atoms with Crippen molar-refractivity contribution < 1.29 is 8.42 Å². The molecule has 5 heteroatoms. The maximum atomic E-state index is 11.6. The molecule has 0 unspecified atom stereocenters. The third kappa shape index (κ3) is 9.86. The summed E-state index contributed by atoms with van der Waals surface area (Å²) >= 11 is 5.49. The van der Waals surface area contributed by atoms with Crippen molar-refractivity contribution in [3.8, 4) is 0 Å². The number of unbranched alkanes of at least 4 members (excludes halogenated alkanes) is 2. The van der Waals surface area contributed by atoms with Crippen molar-refractivity contribution in [3.63, 3.8) is 0 Å². The molecule has 0 atom stereocenters. The van der Waals surface area contributed by atoms with Gasteiger partial charge in [0.05, 0.1) is 5.75 Å². The first kappa shape index (κ1) is 17.2. The molecular formula is C12H26ClNO2S. The average Bonchev–Trinajstić information content (AvgIpc) is 2.25. The molecule has 0 rings (SSSR count). The van der Waals surface area contributed by atoms with E-state index in [1.54, 1.807) is 0 Å². The van der Waals surface area contributed by atoms with E-state index in [0.717, 1.165) is 12.8 Å². The van der Waals surface area contributed by atoms with Crippen LogP contribution in [0.2, 0.25) is 0 Å². The summed E-state index contributed by atoms with van der Waals surface area (Å²) in [5.41, 5.74) is 0.0310. The van der Waals surface area contributed by atoms with Gasteiger partial charge in [0.2, 0.25) is 10.0 Å². The highest BCUT2D eigenvalue weighted by atomic mass is 35.5. The molecule has 0 radical (unpaired) electrons. The Labute approximate surface area is 111 Å². The minimum atomic E-state index is -3.14. The molecule has 0 aromatic rings. The van der Waals surface area contributed by atoms with Crippen LogP contribution < -0.4 is 4.72 Å². The van der Waals surface area contributed by atoms with Crippen LogP contribution in [0.1, 0.15) is 52.9 Å². The monoisotopic (exact) mass is 283 g/mol. The van der Waals surface area contributed by atoms with Gasteiger partial charge in [0.15, 0.2) is 0 Å². The van der Waals surface area contributed by atoms with Crippen molar-refractivity contribution in [2.45, 2.75) is 52.9 Å². The van der Waals surface area contributed by atoms with Crippen molar-refractivity contribution in [2.24, 2.45) is 5.41 Å². The Morgan fingerprint density at radius 2 is 1.82 bits per heavy atom. The standard InChI is InChI=1S/C12H26ClNO2S/c1-4-5-6-8-12(2,3)11-14-17(15,16)10-7-9-13/h14H,4-11H2,1-3H3. The summed E-state index contributed by atoms with van der Waals surface area (Å²) in [7, 11) is -3.14. The predicted octanol–water partition coefficient (Wildman–Crippen LogP) is 3.14. The van der Waals surface area contributed by atoms with Crippen molar-refractivity contribution in [1.82, 2.24) is 4.72 Å². The first-order chi connectivity index (χ1) is 7.83. The van der Waals surface area contributed by atoms with Gasteiger partial charge < -0.3 is 0 Å². The number of sulfonamides is 1. The molecule has 0 heterocycles. The summed E-state index contributed by atoms with van der Waals surface area (Å²) in [5.74, 6) is 0.516. The Morgan fingerprint density at radius 1 is 1.18 bits per heavy atom. The van der Waals surface area contributed by atoms with Gasteiger partial charge in [0.1, 0.15) is 0 Å². The van der Waals surface area contributed by atoms with Gasteiger partial charge in [-0.2, -0.15) is 0 Å². The van der Waals surface area contributed by atoms with Crippen LogP contribution in [0.25, 0.3) is 0 Å². The van der Waals surface area contributed by atoms with E-state index < -0.39 is 10.0 Å². The third-order valence-corrected chi connectivity index (χ3v) is 4.45. The normalized spacial score (nSPS) is 12.9. The zero-order valence-electron chi connectivity index (χ0n) is 11.3. The summed E-state index contributed by atoms with van der Waals surface area (Å²) in [6.45, 7) is 6.89. The molecule has 0 aromatic heterocycles. The summed E-state index contributed by atoms with van der Waals surface area (Å²) in [4.78, 5) is 0. The van der Waals surface area contributed by atoms with Crippen molar-refractivity contribution in [3.05, 3.63) is 0 Å². The second-order valence-electron chi connectivity index (χ2n) is 5.30. The van der Waals surface area contributed by atoms with E-state index in [-0.39, 0.29) is 11.2 Å². The maximum Gasteiger partial charge on any atom is 0.211 e. The maximum absolute atomic E-state index is 11.6. The van der Waals surface area contributed by atoms with Gasteiger partial charge in [-0.25, -0.2) is 13.1 Å². The molecule has 0 amide bonds. The van der Waals surface area contributed by atoms with E-state index in [4.69, 9.17) is 11.6 Å². The van der Waals surface area contributed by atoms with Crippen molar-refractivity contribution in [2.75, 3.05) is 18.2 Å². The van der Waals surface area contributed by atoms with Crippen LogP contribution in [0.4, 0.5) is 0 Å². The Kier molecular flexibility index (Phi) is 8.43. The second kappa shape index (κ2) is 8.33. The van der Waals surface area contributed by atoms with E-state index in [1.807, 2.05) is 0 Å². The van der Waals surface area contributed by atoms with Gasteiger partial charge in [-0.1, -0.05) is 40.0 Å². The zero-order valence-corrected chi connectivity index (χ0v) is 12.8. The summed E-state index contributed by atoms with van der Waals surface area (Å²) < 4.78 is 25.9. The molecule has 1 N–H and O–H groups in total. The molecule has 0 bridgehead atoms. The first-order valence-corrected chi connectivity index (χ1v) is 8.55. The summed E-state index contributed by atoms with van der Waals surface area (Å²) in [6.07, 6.45) is 5.12.